The van der Waals surface area contributed by atoms with Crippen molar-refractivity contribution in [2.75, 3.05) is 13.2 Å². The summed E-state index contributed by atoms with van der Waals surface area (Å²) in [7, 11) is 0. The molecule has 4 aromatic rings. The lowest BCUT2D eigenvalue weighted by Gasteiger charge is -2.19. The maximum Gasteiger partial charge on any atom is 0.232 e. The molecule has 0 bridgehead atoms. The SMILES string of the molecule is Cc1cc2[nH]nc(-c3cnc(O[C@@H]4CCOC4)c(C#N)c3)c2cc1O[C@H](C)c1c(Cl)cncc1Cl. The Kier molecular flexibility index (Phi) is 6.48. The van der Waals surface area contributed by atoms with Gasteiger partial charge in [0.05, 0.1) is 28.8 Å². The summed E-state index contributed by atoms with van der Waals surface area (Å²) >= 11 is 12.6. The second kappa shape index (κ2) is 9.70. The first kappa shape index (κ1) is 23.4. The lowest BCUT2D eigenvalue weighted by molar-refractivity contribution is 0.138. The van der Waals surface area contributed by atoms with Crippen molar-refractivity contribution in [2.45, 2.75) is 32.5 Å². The fourth-order valence-electron chi connectivity index (χ4n) is 4.08. The Hall–Kier alpha value is -3.38. The van der Waals surface area contributed by atoms with Crippen molar-refractivity contribution in [1.82, 2.24) is 20.2 Å². The number of hydrogen-bond acceptors (Lipinski definition) is 7. The second-order valence-corrected chi connectivity index (χ2v) is 9.12. The molecule has 35 heavy (non-hydrogen) atoms. The maximum atomic E-state index is 9.68. The van der Waals surface area contributed by atoms with Crippen LogP contribution in [0.5, 0.6) is 11.6 Å². The monoisotopic (exact) mass is 509 g/mol. The molecule has 1 saturated heterocycles. The van der Waals surface area contributed by atoms with Crippen molar-refractivity contribution >= 4 is 34.1 Å². The van der Waals surface area contributed by atoms with Crippen LogP contribution in [-0.4, -0.2) is 39.5 Å². The number of ether oxygens (including phenoxy) is 3. The van der Waals surface area contributed by atoms with Gasteiger partial charge >= 0.3 is 0 Å². The number of H-pyrrole nitrogens is 1. The Labute approximate surface area is 211 Å². The molecule has 1 aliphatic heterocycles. The number of hydrogen-bond donors (Lipinski definition) is 1. The molecule has 0 radical (unpaired) electrons. The van der Waals surface area contributed by atoms with E-state index in [-0.39, 0.29) is 6.10 Å². The molecule has 10 heteroatoms. The van der Waals surface area contributed by atoms with Crippen LogP contribution in [0, 0.1) is 18.3 Å². The minimum Gasteiger partial charge on any atom is -0.486 e. The third-order valence-electron chi connectivity index (χ3n) is 5.87. The van der Waals surface area contributed by atoms with Crippen LogP contribution in [0.15, 0.2) is 36.8 Å². The van der Waals surface area contributed by atoms with Crippen LogP contribution >= 0.6 is 23.2 Å². The van der Waals surface area contributed by atoms with E-state index in [0.29, 0.717) is 57.3 Å². The van der Waals surface area contributed by atoms with E-state index in [0.717, 1.165) is 22.9 Å². The van der Waals surface area contributed by atoms with Gasteiger partial charge in [0, 0.05) is 41.5 Å². The van der Waals surface area contributed by atoms with E-state index >= 15 is 0 Å². The number of nitriles is 1. The number of nitrogens with one attached hydrogen (secondary N) is 1. The minimum absolute atomic E-state index is 0.0984. The Morgan fingerprint density at radius 2 is 2.00 bits per heavy atom. The largest absolute Gasteiger partial charge is 0.486 e. The van der Waals surface area contributed by atoms with E-state index in [1.54, 1.807) is 24.7 Å². The lowest BCUT2D eigenvalue weighted by Crippen LogP contribution is -2.17. The molecule has 5 rings (SSSR count). The van der Waals surface area contributed by atoms with Gasteiger partial charge in [0.2, 0.25) is 5.88 Å². The van der Waals surface area contributed by atoms with Crippen molar-refractivity contribution < 1.29 is 14.2 Å². The van der Waals surface area contributed by atoms with Gasteiger partial charge in [0.25, 0.3) is 0 Å². The van der Waals surface area contributed by atoms with Crippen LogP contribution in [0.3, 0.4) is 0 Å². The molecule has 1 N–H and O–H groups in total. The van der Waals surface area contributed by atoms with Crippen LogP contribution in [0.1, 0.15) is 36.1 Å². The average molecular weight is 510 g/mol. The molecule has 3 aromatic heterocycles. The fraction of sp³-hybridized carbons (Fsp3) is 0.280. The Morgan fingerprint density at radius 3 is 2.71 bits per heavy atom. The molecule has 8 nitrogen and oxygen atoms in total. The van der Waals surface area contributed by atoms with Gasteiger partial charge in [-0.3, -0.25) is 10.1 Å². The second-order valence-electron chi connectivity index (χ2n) is 8.30. The Balaban J connectivity index is 1.48. The lowest BCUT2D eigenvalue weighted by atomic mass is 10.1. The molecule has 4 heterocycles. The number of aromatic nitrogens is 4. The topological polar surface area (TPSA) is 106 Å². The molecule has 0 saturated carbocycles. The highest BCUT2D eigenvalue weighted by molar-refractivity contribution is 6.35. The van der Waals surface area contributed by atoms with Crippen LogP contribution < -0.4 is 9.47 Å². The van der Waals surface area contributed by atoms with Crippen molar-refractivity contribution in [2.24, 2.45) is 0 Å². The van der Waals surface area contributed by atoms with Gasteiger partial charge in [-0.2, -0.15) is 10.4 Å². The fourth-order valence-corrected chi connectivity index (χ4v) is 4.75. The summed E-state index contributed by atoms with van der Waals surface area (Å²) in [6.45, 7) is 4.97. The van der Waals surface area contributed by atoms with E-state index in [1.807, 2.05) is 26.0 Å². The van der Waals surface area contributed by atoms with E-state index in [2.05, 4.69) is 26.2 Å². The molecule has 1 aliphatic rings. The van der Waals surface area contributed by atoms with Gasteiger partial charge in [0.15, 0.2) is 0 Å². The molecule has 1 fully saturated rings. The predicted molar refractivity (Wildman–Crippen MR) is 132 cm³/mol. The molecule has 0 amide bonds. The van der Waals surface area contributed by atoms with Crippen molar-refractivity contribution in [1.29, 1.82) is 5.26 Å². The van der Waals surface area contributed by atoms with Crippen LogP contribution in [0.25, 0.3) is 22.2 Å². The quantitative estimate of drug-likeness (QED) is 0.349. The number of pyridine rings is 2. The highest BCUT2D eigenvalue weighted by Crippen LogP contribution is 2.37. The van der Waals surface area contributed by atoms with Crippen molar-refractivity contribution in [3.63, 3.8) is 0 Å². The van der Waals surface area contributed by atoms with E-state index in [4.69, 9.17) is 37.4 Å². The number of fused-ring (bicyclic) bond motifs is 1. The molecule has 0 aliphatic carbocycles. The third kappa shape index (κ3) is 4.63. The summed E-state index contributed by atoms with van der Waals surface area (Å²) in [6, 6.07) is 7.77. The Morgan fingerprint density at radius 1 is 1.20 bits per heavy atom. The summed E-state index contributed by atoms with van der Waals surface area (Å²) in [4.78, 5) is 8.41. The molecular formula is C25H21Cl2N5O3. The summed E-state index contributed by atoms with van der Waals surface area (Å²) < 4.78 is 17.5. The number of aryl methyl sites for hydroxylation is 1. The summed E-state index contributed by atoms with van der Waals surface area (Å²) in [6.07, 6.45) is 5.00. The first-order chi connectivity index (χ1) is 16.9. The normalized spacial score (nSPS) is 16.3. The van der Waals surface area contributed by atoms with Gasteiger partial charge in [-0.15, -0.1) is 0 Å². The third-order valence-corrected chi connectivity index (χ3v) is 6.47. The van der Waals surface area contributed by atoms with Crippen molar-refractivity contribution in [3.8, 4) is 29.0 Å². The van der Waals surface area contributed by atoms with Crippen LogP contribution in [0.2, 0.25) is 10.0 Å². The number of aromatic amines is 1. The summed E-state index contributed by atoms with van der Waals surface area (Å²) in [5, 5.41) is 18.9. The highest BCUT2D eigenvalue weighted by atomic mass is 35.5. The molecular weight excluding hydrogens is 489 g/mol. The standard InChI is InChI=1S/C25H21Cl2N5O3/c1-13-5-21-18(7-22(13)34-14(2)23-19(26)10-29-11-20(23)27)24(32-31-21)16-6-15(8-28)25(30-9-16)35-17-3-4-33-12-17/h5-7,9-11,14,17H,3-4,12H2,1-2H3,(H,31,32)/t14-,17-/m1/s1. The Bertz CT molecular complexity index is 1420. The van der Waals surface area contributed by atoms with Gasteiger partial charge in [0.1, 0.15) is 35.3 Å². The molecule has 178 valence electrons. The highest BCUT2D eigenvalue weighted by Gasteiger charge is 2.22. The number of halogens is 2. The molecule has 0 spiro atoms. The van der Waals surface area contributed by atoms with Crippen molar-refractivity contribution in [3.05, 3.63) is 63.5 Å². The zero-order valence-corrected chi connectivity index (χ0v) is 20.5. The van der Waals surface area contributed by atoms with Gasteiger partial charge in [-0.1, -0.05) is 23.2 Å². The number of benzene rings is 1. The zero-order valence-electron chi connectivity index (χ0n) is 19.0. The maximum absolute atomic E-state index is 9.68. The minimum atomic E-state index is -0.410. The predicted octanol–water partition coefficient (Wildman–Crippen LogP) is 5.81. The van der Waals surface area contributed by atoms with E-state index < -0.39 is 6.10 Å². The molecule has 2 atom stereocenters. The van der Waals surface area contributed by atoms with E-state index in [1.165, 1.54) is 0 Å². The summed E-state index contributed by atoms with van der Waals surface area (Å²) in [5.74, 6) is 0.956. The van der Waals surface area contributed by atoms with Gasteiger partial charge in [-0.05, 0) is 37.6 Å². The number of rotatable bonds is 6. The smallest absolute Gasteiger partial charge is 0.232 e. The molecule has 0 unspecified atom stereocenters. The van der Waals surface area contributed by atoms with E-state index in [9.17, 15) is 5.26 Å². The zero-order chi connectivity index (χ0) is 24.5. The molecule has 1 aromatic carbocycles. The summed E-state index contributed by atoms with van der Waals surface area (Å²) in [5.41, 5.74) is 4.09. The first-order valence-electron chi connectivity index (χ1n) is 11.0. The van der Waals surface area contributed by atoms with Crippen LogP contribution in [-0.2, 0) is 4.74 Å². The van der Waals surface area contributed by atoms with Crippen LogP contribution in [0.4, 0.5) is 0 Å². The van der Waals surface area contributed by atoms with Gasteiger partial charge < -0.3 is 14.2 Å². The van der Waals surface area contributed by atoms with Gasteiger partial charge in [-0.25, -0.2) is 4.98 Å². The average Bonchev–Trinajstić information content (AvgIpc) is 3.49. The first-order valence-corrected chi connectivity index (χ1v) is 11.8. The number of nitrogens with zero attached hydrogens (tertiary/aromatic N) is 4.